The van der Waals surface area contributed by atoms with E-state index in [2.05, 4.69) is 15.0 Å². The standard InChI is InChI=1S/C21H17N3O5/c1-25-18-13-19(26-2)24-21(23-18)29-17-9-4-3-8-16(17)28-15-7-5-6-14(12-15)20-22-10-11-27-20/h3-13H,1-2H3. The van der Waals surface area contributed by atoms with Crippen LogP contribution >= 0.6 is 0 Å². The quantitative estimate of drug-likeness (QED) is 0.447. The van der Waals surface area contributed by atoms with E-state index in [0.29, 0.717) is 34.9 Å². The molecule has 0 spiro atoms. The molecule has 146 valence electrons. The number of para-hydroxylation sites is 2. The van der Waals surface area contributed by atoms with Gasteiger partial charge in [0.15, 0.2) is 11.5 Å². The molecular weight excluding hydrogens is 374 g/mol. The highest BCUT2D eigenvalue weighted by Crippen LogP contribution is 2.35. The van der Waals surface area contributed by atoms with E-state index in [1.807, 2.05) is 36.4 Å². The largest absolute Gasteiger partial charge is 0.481 e. The van der Waals surface area contributed by atoms with Gasteiger partial charge in [0.2, 0.25) is 17.7 Å². The fourth-order valence-corrected chi connectivity index (χ4v) is 2.54. The molecular formula is C21H17N3O5. The van der Waals surface area contributed by atoms with E-state index < -0.39 is 0 Å². The maximum absolute atomic E-state index is 6.02. The van der Waals surface area contributed by atoms with Crippen LogP contribution in [-0.2, 0) is 0 Å². The predicted octanol–water partition coefficient (Wildman–Crippen LogP) is 4.73. The lowest BCUT2D eigenvalue weighted by Gasteiger charge is -2.12. The fraction of sp³-hybridized carbons (Fsp3) is 0.0952. The van der Waals surface area contributed by atoms with E-state index in [1.54, 1.807) is 24.4 Å². The Kier molecular flexibility index (Phi) is 5.24. The molecule has 8 nitrogen and oxygen atoms in total. The van der Waals surface area contributed by atoms with Crippen LogP contribution in [0.3, 0.4) is 0 Å². The second-order valence-electron chi connectivity index (χ2n) is 5.75. The fourth-order valence-electron chi connectivity index (χ4n) is 2.54. The number of oxazole rings is 1. The van der Waals surface area contributed by atoms with E-state index >= 15 is 0 Å². The molecule has 2 heterocycles. The zero-order valence-electron chi connectivity index (χ0n) is 15.7. The van der Waals surface area contributed by atoms with E-state index in [0.717, 1.165) is 5.56 Å². The summed E-state index contributed by atoms with van der Waals surface area (Å²) in [5.41, 5.74) is 0.798. The van der Waals surface area contributed by atoms with Crippen molar-refractivity contribution in [3.63, 3.8) is 0 Å². The molecule has 29 heavy (non-hydrogen) atoms. The van der Waals surface area contributed by atoms with E-state index in [-0.39, 0.29) is 6.01 Å². The molecule has 0 radical (unpaired) electrons. The summed E-state index contributed by atoms with van der Waals surface area (Å²) < 4.78 is 27.5. The Bertz CT molecular complexity index is 1080. The Morgan fingerprint density at radius 2 is 1.52 bits per heavy atom. The monoisotopic (exact) mass is 391 g/mol. The highest BCUT2D eigenvalue weighted by molar-refractivity contribution is 5.56. The van der Waals surface area contributed by atoms with Crippen molar-refractivity contribution in [3.05, 3.63) is 67.1 Å². The van der Waals surface area contributed by atoms with Crippen molar-refractivity contribution in [1.82, 2.24) is 15.0 Å². The third-order valence-electron chi connectivity index (χ3n) is 3.87. The number of hydrogen-bond donors (Lipinski definition) is 0. The molecule has 0 aliphatic carbocycles. The normalized spacial score (nSPS) is 10.4. The number of benzene rings is 2. The number of methoxy groups -OCH3 is 2. The van der Waals surface area contributed by atoms with Crippen LogP contribution in [0.5, 0.6) is 35.0 Å². The molecule has 4 aromatic rings. The lowest BCUT2D eigenvalue weighted by Crippen LogP contribution is -1.98. The molecule has 0 atom stereocenters. The van der Waals surface area contributed by atoms with Crippen LogP contribution in [0.15, 0.2) is 71.5 Å². The second-order valence-corrected chi connectivity index (χ2v) is 5.75. The summed E-state index contributed by atoms with van der Waals surface area (Å²) in [7, 11) is 3.01. The van der Waals surface area contributed by atoms with E-state index in [9.17, 15) is 0 Å². The average molecular weight is 391 g/mol. The zero-order valence-corrected chi connectivity index (χ0v) is 15.7. The minimum absolute atomic E-state index is 0.0748. The minimum Gasteiger partial charge on any atom is -0.481 e. The molecule has 0 saturated heterocycles. The molecule has 4 rings (SSSR count). The molecule has 0 aliphatic rings. The van der Waals surface area contributed by atoms with E-state index in [4.69, 9.17) is 23.4 Å². The van der Waals surface area contributed by atoms with Gasteiger partial charge in [0.05, 0.1) is 26.5 Å². The Balaban J connectivity index is 1.60. The van der Waals surface area contributed by atoms with Crippen LogP contribution in [0.2, 0.25) is 0 Å². The Morgan fingerprint density at radius 3 is 2.17 bits per heavy atom. The van der Waals surface area contributed by atoms with Gasteiger partial charge in [-0.3, -0.25) is 0 Å². The summed E-state index contributed by atoms with van der Waals surface area (Å²) >= 11 is 0. The molecule has 0 saturated carbocycles. The van der Waals surface area contributed by atoms with Gasteiger partial charge >= 0.3 is 6.01 Å². The predicted molar refractivity (Wildman–Crippen MR) is 104 cm³/mol. The van der Waals surface area contributed by atoms with Crippen LogP contribution in [0.25, 0.3) is 11.5 Å². The number of hydrogen-bond acceptors (Lipinski definition) is 8. The second kappa shape index (κ2) is 8.30. The topological polar surface area (TPSA) is 88.7 Å². The smallest absolute Gasteiger partial charge is 0.328 e. The number of aromatic nitrogens is 3. The van der Waals surface area contributed by atoms with Crippen LogP contribution in [0.4, 0.5) is 0 Å². The Hall–Kier alpha value is -4.07. The summed E-state index contributed by atoms with van der Waals surface area (Å²) in [5.74, 6) is 2.68. The van der Waals surface area contributed by atoms with Gasteiger partial charge < -0.3 is 23.4 Å². The van der Waals surface area contributed by atoms with Crippen LogP contribution < -0.4 is 18.9 Å². The van der Waals surface area contributed by atoms with Crippen molar-refractivity contribution in [2.45, 2.75) is 0 Å². The van der Waals surface area contributed by atoms with Crippen molar-refractivity contribution >= 4 is 0 Å². The van der Waals surface area contributed by atoms with Crippen LogP contribution in [-0.4, -0.2) is 29.2 Å². The maximum Gasteiger partial charge on any atom is 0.328 e. The molecule has 0 bridgehead atoms. The molecule has 2 aromatic heterocycles. The molecule has 0 amide bonds. The summed E-state index contributed by atoms with van der Waals surface area (Å²) in [5, 5.41) is 0. The molecule has 0 N–H and O–H groups in total. The molecule has 0 fully saturated rings. The van der Waals surface area contributed by atoms with Crippen molar-refractivity contribution in [2.24, 2.45) is 0 Å². The first kappa shape index (κ1) is 18.3. The van der Waals surface area contributed by atoms with Gasteiger partial charge in [0, 0.05) is 5.56 Å². The maximum atomic E-state index is 6.02. The Morgan fingerprint density at radius 1 is 0.793 bits per heavy atom. The lowest BCUT2D eigenvalue weighted by molar-refractivity contribution is 0.342. The van der Waals surface area contributed by atoms with Gasteiger partial charge in [-0.1, -0.05) is 18.2 Å². The number of ether oxygens (including phenoxy) is 4. The summed E-state index contributed by atoms with van der Waals surface area (Å²) in [6.45, 7) is 0. The van der Waals surface area contributed by atoms with Crippen molar-refractivity contribution in [3.8, 4) is 46.5 Å². The first-order valence-corrected chi connectivity index (χ1v) is 8.67. The minimum atomic E-state index is 0.0748. The van der Waals surface area contributed by atoms with Crippen LogP contribution in [0.1, 0.15) is 0 Å². The molecule has 2 aromatic carbocycles. The lowest BCUT2D eigenvalue weighted by atomic mass is 10.2. The van der Waals surface area contributed by atoms with Crippen molar-refractivity contribution in [2.75, 3.05) is 14.2 Å². The summed E-state index contributed by atoms with van der Waals surface area (Å²) in [6.07, 6.45) is 3.11. The van der Waals surface area contributed by atoms with Gasteiger partial charge in [-0.15, -0.1) is 0 Å². The summed E-state index contributed by atoms with van der Waals surface area (Å²) in [6, 6.07) is 16.2. The first-order chi connectivity index (χ1) is 14.2. The Labute approximate surface area is 166 Å². The molecule has 0 unspecified atom stereocenters. The number of rotatable bonds is 7. The van der Waals surface area contributed by atoms with Gasteiger partial charge in [0.1, 0.15) is 12.0 Å². The van der Waals surface area contributed by atoms with Crippen molar-refractivity contribution in [1.29, 1.82) is 0 Å². The third-order valence-corrected chi connectivity index (χ3v) is 3.87. The van der Waals surface area contributed by atoms with Crippen LogP contribution in [0, 0.1) is 0 Å². The first-order valence-electron chi connectivity index (χ1n) is 8.67. The van der Waals surface area contributed by atoms with Gasteiger partial charge in [0.25, 0.3) is 0 Å². The highest BCUT2D eigenvalue weighted by Gasteiger charge is 2.12. The van der Waals surface area contributed by atoms with Crippen molar-refractivity contribution < 1.29 is 23.4 Å². The van der Waals surface area contributed by atoms with Gasteiger partial charge in [-0.25, -0.2) is 4.98 Å². The van der Waals surface area contributed by atoms with Gasteiger partial charge in [-0.2, -0.15) is 9.97 Å². The molecule has 8 heteroatoms. The third kappa shape index (κ3) is 4.27. The van der Waals surface area contributed by atoms with Gasteiger partial charge in [-0.05, 0) is 30.3 Å². The highest BCUT2D eigenvalue weighted by atomic mass is 16.5. The average Bonchev–Trinajstić information content (AvgIpc) is 3.30. The van der Waals surface area contributed by atoms with E-state index in [1.165, 1.54) is 20.5 Å². The SMILES string of the molecule is COc1cc(OC)nc(Oc2ccccc2Oc2cccc(-c3ncco3)c2)n1. The molecule has 0 aliphatic heterocycles. The summed E-state index contributed by atoms with van der Waals surface area (Å²) in [4.78, 5) is 12.5. The number of nitrogens with zero attached hydrogens (tertiary/aromatic N) is 3. The zero-order chi connectivity index (χ0) is 20.1.